The lowest BCUT2D eigenvalue weighted by molar-refractivity contribution is 1.39. The molecule has 4 rings (SSSR count). The first kappa shape index (κ1) is 19.2. The fourth-order valence-electron chi connectivity index (χ4n) is 2.87. The van der Waals surface area contributed by atoms with Gasteiger partial charge in [0.2, 0.25) is 0 Å². The lowest BCUT2D eigenvalue weighted by atomic mass is 9.98. The van der Waals surface area contributed by atoms with E-state index in [9.17, 15) is 0 Å². The standard InChI is InChI=1S/C21H12BrCl2N.ClH/c22-14-7-5-13(6-8-14)21-12-17(16-3-1-2-4-19(16)24)18-11-15(23)9-10-20(18)25-21;/h1-12H;1H. The molecule has 0 saturated carbocycles. The molecule has 3 aromatic carbocycles. The largest absolute Gasteiger partial charge is 0.248 e. The first-order chi connectivity index (χ1) is 12.1. The molecule has 1 heterocycles. The molecule has 0 unspecified atom stereocenters. The van der Waals surface area contributed by atoms with Crippen LogP contribution in [0.15, 0.2) is 77.3 Å². The third-order valence-corrected chi connectivity index (χ3v) is 5.17. The Labute approximate surface area is 176 Å². The first-order valence-electron chi connectivity index (χ1n) is 7.73. The van der Waals surface area contributed by atoms with Crippen molar-refractivity contribution < 1.29 is 0 Å². The Morgan fingerprint density at radius 1 is 0.769 bits per heavy atom. The smallest absolute Gasteiger partial charge is 0.0716 e. The molecular formula is C21H13BrCl3N. The number of fused-ring (bicyclic) bond motifs is 1. The summed E-state index contributed by atoms with van der Waals surface area (Å²) in [4.78, 5) is 4.82. The van der Waals surface area contributed by atoms with Crippen molar-refractivity contribution in [1.82, 2.24) is 4.98 Å². The molecule has 0 radical (unpaired) electrons. The van der Waals surface area contributed by atoms with Crippen LogP contribution in [0.3, 0.4) is 0 Å². The van der Waals surface area contributed by atoms with Crippen LogP contribution in [0, 0.1) is 0 Å². The third-order valence-electron chi connectivity index (χ3n) is 4.07. The Balaban J connectivity index is 0.00000196. The number of rotatable bonds is 2. The highest BCUT2D eigenvalue weighted by Crippen LogP contribution is 2.36. The summed E-state index contributed by atoms with van der Waals surface area (Å²) in [5, 5.41) is 2.37. The van der Waals surface area contributed by atoms with E-state index >= 15 is 0 Å². The molecular weight excluding hydrogens is 453 g/mol. The van der Waals surface area contributed by atoms with Crippen LogP contribution in [0.2, 0.25) is 10.0 Å². The monoisotopic (exact) mass is 463 g/mol. The van der Waals surface area contributed by atoms with Gasteiger partial charge in [-0.25, -0.2) is 4.98 Å². The molecule has 0 aliphatic rings. The highest BCUT2D eigenvalue weighted by Gasteiger charge is 2.12. The molecule has 130 valence electrons. The zero-order chi connectivity index (χ0) is 17.4. The van der Waals surface area contributed by atoms with Gasteiger partial charge < -0.3 is 0 Å². The van der Waals surface area contributed by atoms with Gasteiger partial charge in [0.15, 0.2) is 0 Å². The molecule has 26 heavy (non-hydrogen) atoms. The van der Waals surface area contributed by atoms with Crippen molar-refractivity contribution in [2.45, 2.75) is 0 Å². The van der Waals surface area contributed by atoms with Crippen LogP contribution < -0.4 is 0 Å². The van der Waals surface area contributed by atoms with Gasteiger partial charge in [0, 0.05) is 31.0 Å². The summed E-state index contributed by atoms with van der Waals surface area (Å²) in [7, 11) is 0. The molecule has 0 fully saturated rings. The Kier molecular flexibility index (Phi) is 5.89. The molecule has 0 aliphatic heterocycles. The predicted octanol–water partition coefficient (Wildman–Crippen LogP) is 8.06. The highest BCUT2D eigenvalue weighted by atomic mass is 79.9. The summed E-state index contributed by atoms with van der Waals surface area (Å²) in [6, 6.07) is 23.8. The fourth-order valence-corrected chi connectivity index (χ4v) is 3.54. The van der Waals surface area contributed by atoms with E-state index in [4.69, 9.17) is 28.2 Å². The summed E-state index contributed by atoms with van der Waals surface area (Å²) in [5.41, 5.74) is 4.83. The normalized spacial score (nSPS) is 10.6. The maximum absolute atomic E-state index is 6.46. The molecule has 1 nitrogen and oxygen atoms in total. The van der Waals surface area contributed by atoms with Crippen molar-refractivity contribution in [1.29, 1.82) is 0 Å². The quantitative estimate of drug-likeness (QED) is 0.292. The van der Waals surface area contributed by atoms with Crippen molar-refractivity contribution in [2.75, 3.05) is 0 Å². The molecule has 0 amide bonds. The Hall–Kier alpha value is -1.58. The van der Waals surface area contributed by atoms with Gasteiger partial charge in [-0.1, -0.05) is 69.5 Å². The summed E-state index contributed by atoms with van der Waals surface area (Å²) in [6.45, 7) is 0. The molecule has 0 aliphatic carbocycles. The van der Waals surface area contributed by atoms with Crippen LogP contribution in [0.5, 0.6) is 0 Å². The summed E-state index contributed by atoms with van der Waals surface area (Å²) >= 11 is 16.2. The molecule has 1 aromatic heterocycles. The average Bonchev–Trinajstić information content (AvgIpc) is 2.62. The minimum Gasteiger partial charge on any atom is -0.248 e. The predicted molar refractivity (Wildman–Crippen MR) is 118 cm³/mol. The topological polar surface area (TPSA) is 12.9 Å². The van der Waals surface area contributed by atoms with Gasteiger partial charge in [-0.05, 0) is 48.0 Å². The Morgan fingerprint density at radius 3 is 2.23 bits per heavy atom. The Morgan fingerprint density at radius 2 is 1.50 bits per heavy atom. The molecule has 0 saturated heterocycles. The number of pyridine rings is 1. The van der Waals surface area contributed by atoms with Crippen molar-refractivity contribution in [3.8, 4) is 22.4 Å². The van der Waals surface area contributed by atoms with Gasteiger partial charge >= 0.3 is 0 Å². The number of nitrogens with zero attached hydrogens (tertiary/aromatic N) is 1. The van der Waals surface area contributed by atoms with Gasteiger partial charge in [0.25, 0.3) is 0 Å². The SMILES string of the molecule is Cl.Clc1ccc2nc(-c3ccc(Br)cc3)cc(-c3ccccc3Cl)c2c1. The van der Waals surface area contributed by atoms with E-state index in [1.165, 1.54) is 0 Å². The van der Waals surface area contributed by atoms with Gasteiger partial charge in [-0.15, -0.1) is 12.4 Å². The Bertz CT molecular complexity index is 1080. The van der Waals surface area contributed by atoms with Crippen molar-refractivity contribution in [2.24, 2.45) is 0 Å². The number of hydrogen-bond donors (Lipinski definition) is 0. The van der Waals surface area contributed by atoms with E-state index < -0.39 is 0 Å². The van der Waals surface area contributed by atoms with Crippen LogP contribution in [0.1, 0.15) is 0 Å². The lowest BCUT2D eigenvalue weighted by Gasteiger charge is -2.12. The van der Waals surface area contributed by atoms with Gasteiger partial charge in [-0.3, -0.25) is 0 Å². The van der Waals surface area contributed by atoms with Crippen LogP contribution in [0.4, 0.5) is 0 Å². The summed E-state index contributed by atoms with van der Waals surface area (Å²) < 4.78 is 1.04. The molecule has 0 spiro atoms. The van der Waals surface area contributed by atoms with E-state index in [0.717, 1.165) is 37.8 Å². The molecule has 5 heteroatoms. The van der Waals surface area contributed by atoms with Gasteiger partial charge in [0.05, 0.1) is 11.2 Å². The summed E-state index contributed by atoms with van der Waals surface area (Å²) in [6.07, 6.45) is 0. The van der Waals surface area contributed by atoms with Gasteiger partial charge in [-0.2, -0.15) is 0 Å². The third kappa shape index (κ3) is 3.74. The fraction of sp³-hybridized carbons (Fsp3) is 0. The minimum atomic E-state index is 0. The number of benzene rings is 3. The lowest BCUT2D eigenvalue weighted by Crippen LogP contribution is -1.90. The van der Waals surface area contributed by atoms with Crippen LogP contribution in [-0.2, 0) is 0 Å². The van der Waals surface area contributed by atoms with E-state index in [0.29, 0.717) is 10.0 Å². The van der Waals surface area contributed by atoms with Crippen LogP contribution in [0.25, 0.3) is 33.3 Å². The first-order valence-corrected chi connectivity index (χ1v) is 9.28. The van der Waals surface area contributed by atoms with Crippen molar-refractivity contribution >= 4 is 62.4 Å². The second-order valence-electron chi connectivity index (χ2n) is 5.70. The van der Waals surface area contributed by atoms with E-state index in [-0.39, 0.29) is 12.4 Å². The number of hydrogen-bond acceptors (Lipinski definition) is 1. The van der Waals surface area contributed by atoms with Crippen LogP contribution >= 0.6 is 51.5 Å². The molecule has 4 aromatic rings. The molecule has 0 atom stereocenters. The zero-order valence-corrected chi connectivity index (χ0v) is 17.3. The number of aromatic nitrogens is 1. The average molecular weight is 466 g/mol. The maximum Gasteiger partial charge on any atom is 0.0716 e. The van der Waals surface area contributed by atoms with Gasteiger partial charge in [0.1, 0.15) is 0 Å². The summed E-state index contributed by atoms with van der Waals surface area (Å²) in [5.74, 6) is 0. The van der Waals surface area contributed by atoms with E-state index in [1.54, 1.807) is 0 Å². The second-order valence-corrected chi connectivity index (χ2v) is 7.46. The maximum atomic E-state index is 6.46. The number of halogens is 4. The van der Waals surface area contributed by atoms with E-state index in [1.807, 2.05) is 66.7 Å². The molecule has 0 bridgehead atoms. The highest BCUT2D eigenvalue weighted by molar-refractivity contribution is 9.10. The zero-order valence-electron chi connectivity index (χ0n) is 13.4. The van der Waals surface area contributed by atoms with E-state index in [2.05, 4.69) is 22.0 Å². The van der Waals surface area contributed by atoms with Crippen LogP contribution in [-0.4, -0.2) is 4.98 Å². The minimum absolute atomic E-state index is 0. The van der Waals surface area contributed by atoms with Crippen molar-refractivity contribution in [3.63, 3.8) is 0 Å². The second kappa shape index (κ2) is 7.98. The van der Waals surface area contributed by atoms with Crippen molar-refractivity contribution in [3.05, 3.63) is 87.3 Å². The molecule has 0 N–H and O–H groups in total.